The summed E-state index contributed by atoms with van der Waals surface area (Å²) in [4.78, 5) is 12.4. The molecule has 1 fully saturated rings. The van der Waals surface area contributed by atoms with Gasteiger partial charge in [0.1, 0.15) is 0 Å². The van der Waals surface area contributed by atoms with E-state index in [9.17, 15) is 4.79 Å². The van der Waals surface area contributed by atoms with E-state index in [1.54, 1.807) is 0 Å². The lowest BCUT2D eigenvalue weighted by Crippen LogP contribution is -2.44. The quantitative estimate of drug-likeness (QED) is 0.570. The number of nitrogens with two attached hydrogens (primary N) is 1. The van der Waals surface area contributed by atoms with Gasteiger partial charge >= 0.3 is 0 Å². The molecule has 1 heterocycles. The summed E-state index contributed by atoms with van der Waals surface area (Å²) in [7, 11) is 0. The van der Waals surface area contributed by atoms with Crippen molar-refractivity contribution in [2.24, 2.45) is 11.8 Å². The van der Waals surface area contributed by atoms with Crippen LogP contribution in [-0.4, -0.2) is 32.6 Å². The number of amides is 1. The number of rotatable bonds is 5. The van der Waals surface area contributed by atoms with Crippen molar-refractivity contribution in [1.29, 1.82) is 0 Å². The van der Waals surface area contributed by atoms with Crippen LogP contribution in [0.4, 0.5) is 0 Å². The highest BCUT2D eigenvalue weighted by Gasteiger charge is 2.28. The zero-order valence-corrected chi connectivity index (χ0v) is 18.9. The van der Waals surface area contributed by atoms with Gasteiger partial charge in [0.2, 0.25) is 11.1 Å². The fourth-order valence-electron chi connectivity index (χ4n) is 3.86. The van der Waals surface area contributed by atoms with Crippen molar-refractivity contribution >= 4 is 17.7 Å². The summed E-state index contributed by atoms with van der Waals surface area (Å²) in [5.41, 5.74) is 2.26. The molecular formula is C22H33N5OS. The highest BCUT2D eigenvalue weighted by molar-refractivity contribution is 7.99. The van der Waals surface area contributed by atoms with Crippen LogP contribution in [0.15, 0.2) is 29.4 Å². The minimum Gasteiger partial charge on any atom is -0.352 e. The molecule has 0 spiro atoms. The number of thioether (sulfide) groups is 1. The third-order valence-electron chi connectivity index (χ3n) is 6.06. The van der Waals surface area contributed by atoms with Crippen LogP contribution < -0.4 is 11.2 Å². The number of hydrogen-bond acceptors (Lipinski definition) is 5. The van der Waals surface area contributed by atoms with E-state index in [1.165, 1.54) is 34.8 Å². The van der Waals surface area contributed by atoms with Gasteiger partial charge in [-0.3, -0.25) is 4.79 Å². The lowest BCUT2D eigenvalue weighted by Gasteiger charge is -2.34. The molecular weight excluding hydrogens is 382 g/mol. The van der Waals surface area contributed by atoms with E-state index in [1.807, 2.05) is 12.1 Å². The van der Waals surface area contributed by atoms with Gasteiger partial charge in [0.05, 0.1) is 5.75 Å². The van der Waals surface area contributed by atoms with Gasteiger partial charge in [-0.25, -0.2) is 4.68 Å². The highest BCUT2D eigenvalue weighted by atomic mass is 32.2. The SMILES string of the molecule is C[C@@H]1[C@H](C)CCC[C@@H]1NC(=O)CSc1nnc(-c2ccc(C(C)(C)C)cc2)n1N. The third-order valence-corrected chi connectivity index (χ3v) is 7.00. The number of benzene rings is 1. The van der Waals surface area contributed by atoms with E-state index in [-0.39, 0.29) is 23.1 Å². The molecule has 1 aliphatic carbocycles. The largest absolute Gasteiger partial charge is 0.352 e. The zero-order valence-electron chi connectivity index (χ0n) is 18.1. The molecule has 0 radical (unpaired) electrons. The summed E-state index contributed by atoms with van der Waals surface area (Å²) in [5, 5.41) is 12.1. The second-order valence-electron chi connectivity index (χ2n) is 9.23. The van der Waals surface area contributed by atoms with Crippen molar-refractivity contribution in [1.82, 2.24) is 20.2 Å². The molecule has 1 aromatic carbocycles. The molecule has 2 aromatic rings. The van der Waals surface area contributed by atoms with E-state index >= 15 is 0 Å². The molecule has 29 heavy (non-hydrogen) atoms. The third kappa shape index (κ3) is 5.13. The maximum atomic E-state index is 12.4. The van der Waals surface area contributed by atoms with Crippen LogP contribution in [-0.2, 0) is 10.2 Å². The van der Waals surface area contributed by atoms with Crippen LogP contribution in [0, 0.1) is 11.8 Å². The van der Waals surface area contributed by atoms with E-state index in [2.05, 4.69) is 62.3 Å². The Kier molecular flexibility index (Phi) is 6.56. The first-order chi connectivity index (χ1) is 13.7. The molecule has 1 amide bonds. The normalized spacial score (nSPS) is 22.4. The van der Waals surface area contributed by atoms with Crippen molar-refractivity contribution in [3.63, 3.8) is 0 Å². The van der Waals surface area contributed by atoms with Crippen molar-refractivity contribution in [3.8, 4) is 11.4 Å². The number of nitrogens with zero attached hydrogens (tertiary/aromatic N) is 3. The first-order valence-corrected chi connectivity index (χ1v) is 11.4. The number of carbonyl (C=O) groups excluding carboxylic acids is 1. The molecule has 0 unspecified atom stereocenters. The summed E-state index contributed by atoms with van der Waals surface area (Å²) < 4.78 is 1.47. The van der Waals surface area contributed by atoms with Crippen LogP contribution >= 0.6 is 11.8 Å². The van der Waals surface area contributed by atoms with E-state index in [4.69, 9.17) is 5.84 Å². The van der Waals surface area contributed by atoms with Gasteiger partial charge in [-0.1, -0.05) is 83.5 Å². The molecule has 0 saturated heterocycles. The molecule has 1 aromatic heterocycles. The average molecular weight is 416 g/mol. The molecule has 3 N–H and O–H groups in total. The monoisotopic (exact) mass is 415 g/mol. The molecule has 6 nitrogen and oxygen atoms in total. The Morgan fingerprint density at radius 1 is 1.21 bits per heavy atom. The smallest absolute Gasteiger partial charge is 0.230 e. The number of nitrogen functional groups attached to an aromatic ring is 1. The first kappa shape index (κ1) is 21.7. The lowest BCUT2D eigenvalue weighted by molar-refractivity contribution is -0.120. The van der Waals surface area contributed by atoms with Crippen molar-refractivity contribution in [2.45, 2.75) is 70.5 Å². The molecule has 0 aliphatic heterocycles. The summed E-state index contributed by atoms with van der Waals surface area (Å²) in [6, 6.07) is 8.48. The van der Waals surface area contributed by atoms with E-state index < -0.39 is 0 Å². The van der Waals surface area contributed by atoms with Crippen molar-refractivity contribution in [2.75, 3.05) is 11.6 Å². The van der Waals surface area contributed by atoms with Gasteiger partial charge in [-0.05, 0) is 29.2 Å². The predicted octanol–water partition coefficient (Wildman–Crippen LogP) is 3.99. The number of hydrogen-bond donors (Lipinski definition) is 2. The fraction of sp³-hybridized carbons (Fsp3) is 0.591. The summed E-state index contributed by atoms with van der Waals surface area (Å²) >= 11 is 1.32. The van der Waals surface area contributed by atoms with E-state index in [0.717, 1.165) is 12.0 Å². The summed E-state index contributed by atoms with van der Waals surface area (Å²) in [6.07, 6.45) is 3.49. The van der Waals surface area contributed by atoms with Crippen LogP contribution in [0.1, 0.15) is 59.4 Å². The molecule has 3 atom stereocenters. The Hall–Kier alpha value is -2.02. The van der Waals surface area contributed by atoms with Crippen molar-refractivity contribution in [3.05, 3.63) is 29.8 Å². The number of aromatic nitrogens is 3. The van der Waals surface area contributed by atoms with Gasteiger partial charge in [0.25, 0.3) is 0 Å². The molecule has 1 aliphatic rings. The molecule has 0 bridgehead atoms. The maximum absolute atomic E-state index is 12.4. The second-order valence-corrected chi connectivity index (χ2v) is 10.2. The van der Waals surface area contributed by atoms with Gasteiger partial charge in [0.15, 0.2) is 5.82 Å². The first-order valence-electron chi connectivity index (χ1n) is 10.4. The predicted molar refractivity (Wildman–Crippen MR) is 119 cm³/mol. The second kappa shape index (κ2) is 8.78. The Morgan fingerprint density at radius 3 is 2.55 bits per heavy atom. The van der Waals surface area contributed by atoms with E-state index in [0.29, 0.717) is 22.8 Å². The summed E-state index contributed by atoms with van der Waals surface area (Å²) in [5.74, 6) is 8.29. The van der Waals surface area contributed by atoms with Gasteiger partial charge in [0, 0.05) is 11.6 Å². The maximum Gasteiger partial charge on any atom is 0.230 e. The molecule has 7 heteroatoms. The fourth-order valence-corrected chi connectivity index (χ4v) is 4.52. The van der Waals surface area contributed by atoms with Crippen LogP contribution in [0.5, 0.6) is 0 Å². The minimum absolute atomic E-state index is 0.0278. The zero-order chi connectivity index (χ0) is 21.2. The van der Waals surface area contributed by atoms with Crippen molar-refractivity contribution < 1.29 is 4.79 Å². The molecule has 3 rings (SSSR count). The Bertz CT molecular complexity index is 840. The topological polar surface area (TPSA) is 85.8 Å². The lowest BCUT2D eigenvalue weighted by atomic mass is 9.78. The summed E-state index contributed by atoms with van der Waals surface area (Å²) in [6.45, 7) is 11.0. The standard InChI is InChI=1S/C22H33N5OS/c1-14-7-6-8-18(15(14)2)24-19(28)13-29-21-26-25-20(27(21)23)16-9-11-17(12-10-16)22(3,4)5/h9-12,14-15,18H,6-8,13,23H2,1-5H3,(H,24,28)/t14-,15-,18+/m1/s1. The Labute approximate surface area is 178 Å². The van der Waals surface area contributed by atoms with Gasteiger partial charge in [-0.2, -0.15) is 0 Å². The Balaban J connectivity index is 1.60. The minimum atomic E-state index is 0.0278. The van der Waals surface area contributed by atoms with Crippen LogP contribution in [0.25, 0.3) is 11.4 Å². The molecule has 158 valence electrons. The van der Waals surface area contributed by atoms with Gasteiger partial charge < -0.3 is 11.2 Å². The number of nitrogens with one attached hydrogen (secondary N) is 1. The van der Waals surface area contributed by atoms with Gasteiger partial charge in [-0.15, -0.1) is 10.2 Å². The van der Waals surface area contributed by atoms with Crippen LogP contribution in [0.2, 0.25) is 0 Å². The average Bonchev–Trinajstić information content (AvgIpc) is 3.04. The van der Waals surface area contributed by atoms with Crippen LogP contribution in [0.3, 0.4) is 0 Å². The Morgan fingerprint density at radius 2 is 1.90 bits per heavy atom. The number of carbonyl (C=O) groups is 1. The molecule has 1 saturated carbocycles. The highest BCUT2D eigenvalue weighted by Crippen LogP contribution is 2.30.